The van der Waals surface area contributed by atoms with E-state index in [1.807, 2.05) is 0 Å². The van der Waals surface area contributed by atoms with Crippen LogP contribution in [0.15, 0.2) is 24.3 Å². The molecule has 0 spiro atoms. The molecule has 1 aromatic carbocycles. The third kappa shape index (κ3) is 2.13. The second kappa shape index (κ2) is 4.24. The summed E-state index contributed by atoms with van der Waals surface area (Å²) in [4.78, 5) is 6.16. The van der Waals surface area contributed by atoms with Crippen molar-refractivity contribution in [3.63, 3.8) is 0 Å². The van der Waals surface area contributed by atoms with Crippen LogP contribution in [-0.4, -0.2) is 4.98 Å². The number of aromatic nitrogens is 1. The first-order chi connectivity index (χ1) is 8.28. The van der Waals surface area contributed by atoms with Gasteiger partial charge in [-0.15, -0.1) is 11.3 Å². The lowest BCUT2D eigenvalue weighted by atomic mass is 10.1. The van der Waals surface area contributed by atoms with E-state index in [0.717, 1.165) is 10.9 Å². The first kappa shape index (κ1) is 10.9. The molecule has 0 amide bonds. The molecule has 17 heavy (non-hydrogen) atoms. The molecule has 3 rings (SSSR count). The predicted molar refractivity (Wildman–Crippen MR) is 72.2 cm³/mol. The van der Waals surface area contributed by atoms with E-state index in [0.29, 0.717) is 6.54 Å². The molecule has 1 fully saturated rings. The van der Waals surface area contributed by atoms with E-state index < -0.39 is 0 Å². The highest BCUT2D eigenvalue weighted by atomic mass is 32.1. The van der Waals surface area contributed by atoms with Gasteiger partial charge in [-0.25, -0.2) is 4.98 Å². The third-order valence-electron chi connectivity index (χ3n) is 3.23. The Morgan fingerprint density at radius 3 is 2.59 bits per heavy atom. The number of nitrogens with zero attached hydrogens (tertiary/aromatic N) is 1. The van der Waals surface area contributed by atoms with Crippen LogP contribution in [0.4, 0.5) is 0 Å². The maximum Gasteiger partial charge on any atom is 0.123 e. The van der Waals surface area contributed by atoms with Crippen molar-refractivity contribution in [2.75, 3.05) is 0 Å². The molecule has 1 heterocycles. The van der Waals surface area contributed by atoms with Gasteiger partial charge in [-0.1, -0.05) is 24.3 Å². The molecule has 1 aromatic heterocycles. The Labute approximate surface area is 106 Å². The number of thiazole rings is 1. The fraction of sp³-hybridized carbons (Fsp3) is 0.357. The molecule has 0 bridgehead atoms. The first-order valence-corrected chi connectivity index (χ1v) is 6.86. The van der Waals surface area contributed by atoms with Crippen LogP contribution >= 0.6 is 11.3 Å². The molecule has 2 aromatic rings. The molecule has 1 aliphatic carbocycles. The van der Waals surface area contributed by atoms with Gasteiger partial charge < -0.3 is 5.73 Å². The Bertz CT molecular complexity index is 524. The van der Waals surface area contributed by atoms with Gasteiger partial charge >= 0.3 is 0 Å². The summed E-state index contributed by atoms with van der Waals surface area (Å²) in [5, 5.41) is 1.15. The van der Waals surface area contributed by atoms with Crippen molar-refractivity contribution in [2.45, 2.75) is 32.2 Å². The number of rotatable bonds is 3. The van der Waals surface area contributed by atoms with Gasteiger partial charge in [-0.2, -0.15) is 0 Å². The van der Waals surface area contributed by atoms with Crippen LogP contribution < -0.4 is 5.73 Å². The van der Waals surface area contributed by atoms with Gasteiger partial charge in [0.1, 0.15) is 5.01 Å². The largest absolute Gasteiger partial charge is 0.326 e. The van der Waals surface area contributed by atoms with E-state index in [9.17, 15) is 0 Å². The summed E-state index contributed by atoms with van der Waals surface area (Å²) in [5.74, 6) is 0.739. The van der Waals surface area contributed by atoms with Gasteiger partial charge in [-0.05, 0) is 25.3 Å². The van der Waals surface area contributed by atoms with Crippen molar-refractivity contribution >= 4 is 11.3 Å². The average Bonchev–Trinajstić information content (AvgIpc) is 3.13. The molecule has 3 heteroatoms. The molecule has 2 nitrogen and oxygen atoms in total. The zero-order valence-electron chi connectivity index (χ0n) is 9.94. The minimum atomic E-state index is 0.602. The zero-order chi connectivity index (χ0) is 11.8. The normalized spacial score (nSPS) is 15.2. The fourth-order valence-corrected chi connectivity index (χ4v) is 3.06. The predicted octanol–water partition coefficient (Wildman–Crippen LogP) is 3.45. The minimum absolute atomic E-state index is 0.602. The van der Waals surface area contributed by atoms with Crippen molar-refractivity contribution in [2.24, 2.45) is 5.73 Å². The molecule has 0 radical (unpaired) electrons. The maximum atomic E-state index is 5.60. The van der Waals surface area contributed by atoms with E-state index in [1.165, 1.54) is 34.5 Å². The van der Waals surface area contributed by atoms with Gasteiger partial charge in [0.25, 0.3) is 0 Å². The average molecular weight is 244 g/mol. The van der Waals surface area contributed by atoms with Gasteiger partial charge in [0.2, 0.25) is 0 Å². The van der Waals surface area contributed by atoms with Gasteiger partial charge in [0.15, 0.2) is 0 Å². The maximum absolute atomic E-state index is 5.60. The second-order valence-electron chi connectivity index (χ2n) is 4.64. The van der Waals surface area contributed by atoms with E-state index in [1.54, 1.807) is 11.3 Å². The number of aryl methyl sites for hydroxylation is 1. The molecule has 88 valence electrons. The van der Waals surface area contributed by atoms with Crippen LogP contribution in [0.25, 0.3) is 10.6 Å². The van der Waals surface area contributed by atoms with Crippen molar-refractivity contribution in [3.05, 3.63) is 40.4 Å². The van der Waals surface area contributed by atoms with E-state index in [-0.39, 0.29) is 0 Å². The minimum Gasteiger partial charge on any atom is -0.326 e. The number of benzene rings is 1. The van der Waals surface area contributed by atoms with Gasteiger partial charge in [-0.3, -0.25) is 0 Å². The summed E-state index contributed by atoms with van der Waals surface area (Å²) in [7, 11) is 0. The second-order valence-corrected chi connectivity index (χ2v) is 5.84. The molecule has 0 aliphatic heterocycles. The third-order valence-corrected chi connectivity index (χ3v) is 4.27. The van der Waals surface area contributed by atoms with Gasteiger partial charge in [0, 0.05) is 22.9 Å². The summed E-state index contributed by atoms with van der Waals surface area (Å²) < 4.78 is 0. The van der Waals surface area contributed by atoms with Crippen LogP contribution in [-0.2, 0) is 6.54 Å². The lowest BCUT2D eigenvalue weighted by Crippen LogP contribution is -1.95. The lowest BCUT2D eigenvalue weighted by molar-refractivity contribution is 1.03. The van der Waals surface area contributed by atoms with Crippen LogP contribution in [0.2, 0.25) is 0 Å². The van der Waals surface area contributed by atoms with E-state index in [2.05, 4.69) is 31.2 Å². The zero-order valence-corrected chi connectivity index (χ0v) is 10.8. The summed E-state index contributed by atoms with van der Waals surface area (Å²) in [6, 6.07) is 8.42. The Morgan fingerprint density at radius 2 is 2.00 bits per heavy atom. The Hall–Kier alpha value is -1.19. The van der Waals surface area contributed by atoms with Crippen LogP contribution in [0.1, 0.15) is 34.9 Å². The quantitative estimate of drug-likeness (QED) is 0.898. The lowest BCUT2D eigenvalue weighted by Gasteiger charge is -1.98. The molecule has 2 N–H and O–H groups in total. The van der Waals surface area contributed by atoms with E-state index in [4.69, 9.17) is 10.7 Å². The molecular weight excluding hydrogens is 228 g/mol. The van der Waals surface area contributed by atoms with Crippen LogP contribution in [0, 0.1) is 6.92 Å². The Balaban J connectivity index is 1.94. The summed E-state index contributed by atoms with van der Waals surface area (Å²) in [6.07, 6.45) is 2.63. The number of hydrogen-bond acceptors (Lipinski definition) is 3. The smallest absolute Gasteiger partial charge is 0.123 e. The van der Waals surface area contributed by atoms with Crippen LogP contribution in [0.3, 0.4) is 0 Å². The summed E-state index contributed by atoms with van der Waals surface area (Å²) >= 11 is 1.81. The highest BCUT2D eigenvalue weighted by Crippen LogP contribution is 2.43. The van der Waals surface area contributed by atoms with Crippen molar-refractivity contribution in [1.82, 2.24) is 4.98 Å². The summed E-state index contributed by atoms with van der Waals surface area (Å²) in [6.45, 7) is 2.79. The molecule has 0 saturated heterocycles. The van der Waals surface area contributed by atoms with E-state index >= 15 is 0 Å². The SMILES string of the molecule is Cc1sc(-c2ccc(CN)cc2)nc1C1CC1. The standard InChI is InChI=1S/C14H16N2S/c1-9-13(11-6-7-11)16-14(17-9)12-4-2-10(8-15)3-5-12/h2-5,11H,6-8,15H2,1H3. The fourth-order valence-electron chi connectivity index (χ4n) is 2.05. The molecule has 1 aliphatic rings. The highest BCUT2D eigenvalue weighted by molar-refractivity contribution is 7.15. The number of hydrogen-bond donors (Lipinski definition) is 1. The molecule has 1 saturated carbocycles. The Morgan fingerprint density at radius 1 is 1.29 bits per heavy atom. The van der Waals surface area contributed by atoms with Gasteiger partial charge in [0.05, 0.1) is 5.69 Å². The van der Waals surface area contributed by atoms with Crippen LogP contribution in [0.5, 0.6) is 0 Å². The van der Waals surface area contributed by atoms with Crippen molar-refractivity contribution < 1.29 is 0 Å². The monoisotopic (exact) mass is 244 g/mol. The Kier molecular flexibility index (Phi) is 2.73. The molecule has 0 unspecified atom stereocenters. The van der Waals surface area contributed by atoms with Crippen molar-refractivity contribution in [3.8, 4) is 10.6 Å². The molecule has 0 atom stereocenters. The molecular formula is C14H16N2S. The highest BCUT2D eigenvalue weighted by Gasteiger charge is 2.28. The number of nitrogens with two attached hydrogens (primary N) is 1. The van der Waals surface area contributed by atoms with Crippen molar-refractivity contribution in [1.29, 1.82) is 0 Å². The summed E-state index contributed by atoms with van der Waals surface area (Å²) in [5.41, 5.74) is 9.31. The topological polar surface area (TPSA) is 38.9 Å². The first-order valence-electron chi connectivity index (χ1n) is 6.04.